The molecule has 2 N–H and O–H groups in total. The van der Waals surface area contributed by atoms with Crippen LogP contribution < -0.4 is 14.3 Å². The summed E-state index contributed by atoms with van der Waals surface area (Å²) in [5.74, 6) is -0.972. The topological polar surface area (TPSA) is 88.6 Å². The van der Waals surface area contributed by atoms with Crippen LogP contribution in [0.1, 0.15) is 32.7 Å². The molecule has 0 unspecified atom stereocenters. The van der Waals surface area contributed by atoms with E-state index in [9.17, 15) is 14.7 Å². The number of ether oxygens (including phenoxy) is 2. The highest BCUT2D eigenvalue weighted by Gasteiger charge is 2.45. The van der Waals surface area contributed by atoms with Gasteiger partial charge in [-0.25, -0.2) is 0 Å². The van der Waals surface area contributed by atoms with Gasteiger partial charge in [-0.15, -0.1) is 0 Å². The van der Waals surface area contributed by atoms with Crippen LogP contribution in [0.5, 0.6) is 11.5 Å². The van der Waals surface area contributed by atoms with Crippen LogP contribution in [0.4, 0.5) is 0 Å². The first kappa shape index (κ1) is 20.6. The molecule has 0 bridgehead atoms. The number of fused-ring (bicyclic) bond motifs is 1. The largest absolute Gasteiger partial charge is 0.493 e. The number of rotatable bonds is 5. The lowest BCUT2D eigenvalue weighted by atomic mass is 9.80. The summed E-state index contributed by atoms with van der Waals surface area (Å²) in [6, 6.07) is 13.3. The maximum absolute atomic E-state index is 12.5. The first-order chi connectivity index (χ1) is 14.4. The second-order valence-electron chi connectivity index (χ2n) is 7.11. The number of benzene rings is 2. The second kappa shape index (κ2) is 8.20. The van der Waals surface area contributed by atoms with Crippen molar-refractivity contribution in [2.75, 3.05) is 14.2 Å². The Bertz CT molecular complexity index is 1140. The van der Waals surface area contributed by atoms with Gasteiger partial charge in [0.05, 0.1) is 30.4 Å². The van der Waals surface area contributed by atoms with E-state index in [0.29, 0.717) is 11.5 Å². The smallest absolute Gasteiger partial charge is 0.308 e. The van der Waals surface area contributed by atoms with E-state index in [1.807, 2.05) is 43.3 Å². The van der Waals surface area contributed by atoms with Crippen LogP contribution >= 0.6 is 23.1 Å². The number of nitrogens with one attached hydrogen (secondary N) is 1. The third kappa shape index (κ3) is 3.61. The Morgan fingerprint density at radius 3 is 2.33 bits per heavy atom. The summed E-state index contributed by atoms with van der Waals surface area (Å²) >= 11 is 2.47. The molecule has 0 fully saturated rings. The maximum Gasteiger partial charge on any atom is 0.308 e. The van der Waals surface area contributed by atoms with E-state index in [2.05, 4.69) is 4.98 Å². The number of thiazole rings is 1. The molecule has 1 aliphatic heterocycles. The van der Waals surface area contributed by atoms with Gasteiger partial charge in [-0.3, -0.25) is 9.59 Å². The SMILES string of the molecule is COc1ccc([C@@H]2Sc3[nH]c(=O)sc3[C@@H](c3ccc(C)cc3)[C@H]2C(=O)O)cc1OC. The van der Waals surface area contributed by atoms with Crippen LogP contribution in [0.25, 0.3) is 0 Å². The molecule has 4 rings (SSSR count). The highest BCUT2D eigenvalue weighted by atomic mass is 32.2. The molecule has 0 radical (unpaired) electrons. The molecule has 1 aromatic heterocycles. The summed E-state index contributed by atoms with van der Waals surface area (Å²) in [6.07, 6.45) is 0. The van der Waals surface area contributed by atoms with Crippen LogP contribution in [0, 0.1) is 12.8 Å². The molecule has 8 heteroatoms. The first-order valence-electron chi connectivity index (χ1n) is 9.34. The second-order valence-corrected chi connectivity index (χ2v) is 9.28. The molecule has 0 saturated carbocycles. The predicted molar refractivity (Wildman–Crippen MR) is 117 cm³/mol. The molecule has 0 aliphatic carbocycles. The zero-order valence-electron chi connectivity index (χ0n) is 16.7. The van der Waals surface area contributed by atoms with Crippen LogP contribution in [0.3, 0.4) is 0 Å². The lowest BCUT2D eigenvalue weighted by molar-refractivity contribution is -0.142. The minimum atomic E-state index is -0.903. The number of hydrogen-bond acceptors (Lipinski definition) is 6. The summed E-state index contributed by atoms with van der Waals surface area (Å²) < 4.78 is 10.7. The molecule has 2 aromatic carbocycles. The van der Waals surface area contributed by atoms with Gasteiger partial charge < -0.3 is 19.6 Å². The van der Waals surface area contributed by atoms with E-state index in [4.69, 9.17) is 9.47 Å². The molecule has 3 aromatic rings. The Hall–Kier alpha value is -2.71. The first-order valence-corrected chi connectivity index (χ1v) is 11.0. The summed E-state index contributed by atoms with van der Waals surface area (Å²) in [7, 11) is 3.11. The fourth-order valence-corrected chi connectivity index (χ4v) is 6.46. The normalized spacial score (nSPS) is 20.4. The van der Waals surface area contributed by atoms with Gasteiger partial charge in [0, 0.05) is 10.8 Å². The Labute approximate surface area is 181 Å². The van der Waals surface area contributed by atoms with E-state index < -0.39 is 23.1 Å². The van der Waals surface area contributed by atoms with Crippen molar-refractivity contribution in [2.45, 2.75) is 23.1 Å². The average molecular weight is 444 g/mol. The van der Waals surface area contributed by atoms with E-state index in [0.717, 1.165) is 37.9 Å². The molecule has 0 spiro atoms. The molecular weight excluding hydrogens is 422 g/mol. The number of aromatic nitrogens is 1. The van der Waals surface area contributed by atoms with Gasteiger partial charge in [0.25, 0.3) is 0 Å². The average Bonchev–Trinajstić information content (AvgIpc) is 3.12. The number of aromatic amines is 1. The van der Waals surface area contributed by atoms with Crippen molar-refractivity contribution >= 4 is 29.1 Å². The minimum absolute atomic E-state index is 0.179. The van der Waals surface area contributed by atoms with Gasteiger partial charge in [-0.05, 0) is 30.2 Å². The van der Waals surface area contributed by atoms with E-state index in [1.165, 1.54) is 11.8 Å². The molecule has 156 valence electrons. The number of hydrogen-bond donors (Lipinski definition) is 2. The van der Waals surface area contributed by atoms with E-state index >= 15 is 0 Å². The highest BCUT2D eigenvalue weighted by molar-refractivity contribution is 7.99. The molecule has 0 amide bonds. The third-order valence-corrected chi connectivity index (χ3v) is 7.78. The van der Waals surface area contributed by atoms with Crippen molar-refractivity contribution in [1.82, 2.24) is 4.98 Å². The monoisotopic (exact) mass is 443 g/mol. The molecule has 6 nitrogen and oxygen atoms in total. The standard InChI is InChI=1S/C22H21NO5S2/c1-11-4-6-12(7-5-11)16-17(21(24)25)18(29-20-19(16)30-22(26)23-20)13-8-9-14(27-2)15(10-13)28-3/h4-10,16-18H,1-3H3,(H,23,26)(H,24,25)/t16-,17+,18-/m0/s1. The number of carboxylic acids is 1. The highest BCUT2D eigenvalue weighted by Crippen LogP contribution is 2.56. The Kier molecular flexibility index (Phi) is 5.62. The number of thioether (sulfide) groups is 1. The number of H-pyrrole nitrogens is 1. The summed E-state index contributed by atoms with van der Waals surface area (Å²) in [5, 5.41) is 10.6. The summed E-state index contributed by atoms with van der Waals surface area (Å²) in [6.45, 7) is 1.99. The Morgan fingerprint density at radius 2 is 1.70 bits per heavy atom. The number of carboxylic acid groups (broad SMARTS) is 1. The number of methoxy groups -OCH3 is 2. The van der Waals surface area contributed by atoms with Crippen molar-refractivity contribution in [2.24, 2.45) is 5.92 Å². The molecule has 30 heavy (non-hydrogen) atoms. The van der Waals surface area contributed by atoms with Crippen molar-refractivity contribution in [3.8, 4) is 11.5 Å². The van der Waals surface area contributed by atoms with Crippen molar-refractivity contribution < 1.29 is 19.4 Å². The van der Waals surface area contributed by atoms with E-state index in [1.54, 1.807) is 20.3 Å². The maximum atomic E-state index is 12.5. The predicted octanol–water partition coefficient (Wildman–Crippen LogP) is 4.44. The fourth-order valence-electron chi connectivity index (χ4n) is 3.87. The van der Waals surface area contributed by atoms with Crippen LogP contribution in [0.2, 0.25) is 0 Å². The van der Waals surface area contributed by atoms with E-state index in [-0.39, 0.29) is 4.87 Å². The van der Waals surface area contributed by atoms with Gasteiger partial charge in [0.1, 0.15) is 0 Å². The third-order valence-electron chi connectivity index (χ3n) is 5.31. The number of carbonyl (C=O) groups is 1. The Morgan fingerprint density at radius 1 is 1.03 bits per heavy atom. The quantitative estimate of drug-likeness (QED) is 0.606. The van der Waals surface area contributed by atoms with Gasteiger partial charge in [-0.2, -0.15) is 0 Å². The number of aryl methyl sites for hydroxylation is 1. The lowest BCUT2D eigenvalue weighted by Gasteiger charge is -2.35. The summed E-state index contributed by atoms with van der Waals surface area (Å²) in [5.41, 5.74) is 2.78. The number of aliphatic carboxylic acids is 1. The van der Waals surface area contributed by atoms with Crippen molar-refractivity contribution in [1.29, 1.82) is 0 Å². The van der Waals surface area contributed by atoms with Gasteiger partial charge in [0.2, 0.25) is 0 Å². The molecule has 3 atom stereocenters. The zero-order chi connectivity index (χ0) is 21.4. The van der Waals surface area contributed by atoms with Gasteiger partial charge in [0.15, 0.2) is 11.5 Å². The van der Waals surface area contributed by atoms with Gasteiger partial charge in [-0.1, -0.05) is 59.0 Å². The lowest BCUT2D eigenvalue weighted by Crippen LogP contribution is -2.30. The van der Waals surface area contributed by atoms with Crippen LogP contribution in [0.15, 0.2) is 52.3 Å². The molecule has 2 heterocycles. The van der Waals surface area contributed by atoms with Gasteiger partial charge >= 0.3 is 10.8 Å². The Balaban J connectivity index is 1.89. The van der Waals surface area contributed by atoms with Crippen LogP contribution in [-0.2, 0) is 4.79 Å². The molecule has 1 aliphatic rings. The van der Waals surface area contributed by atoms with Crippen molar-refractivity contribution in [3.63, 3.8) is 0 Å². The minimum Gasteiger partial charge on any atom is -0.493 e. The fraction of sp³-hybridized carbons (Fsp3) is 0.273. The molecule has 0 saturated heterocycles. The molecular formula is C22H21NO5S2. The zero-order valence-corrected chi connectivity index (χ0v) is 18.3. The summed E-state index contributed by atoms with van der Waals surface area (Å²) in [4.78, 5) is 28.2. The van der Waals surface area contributed by atoms with Crippen molar-refractivity contribution in [3.05, 3.63) is 73.7 Å². The van der Waals surface area contributed by atoms with Crippen LogP contribution in [-0.4, -0.2) is 30.3 Å².